The zero-order chi connectivity index (χ0) is 14.7. The second kappa shape index (κ2) is 6.50. The van der Waals surface area contributed by atoms with E-state index in [9.17, 15) is 8.78 Å². The molecule has 1 heterocycles. The summed E-state index contributed by atoms with van der Waals surface area (Å²) in [4.78, 5) is 2.32. The van der Waals surface area contributed by atoms with Crippen LogP contribution in [-0.4, -0.2) is 43.3 Å². The molecule has 0 spiro atoms. The van der Waals surface area contributed by atoms with Crippen molar-refractivity contribution in [3.05, 3.63) is 29.3 Å². The van der Waals surface area contributed by atoms with Crippen LogP contribution >= 0.6 is 0 Å². The molecule has 0 aliphatic carbocycles. The highest BCUT2D eigenvalue weighted by atomic mass is 19.1. The maximum atomic E-state index is 13.7. The van der Waals surface area contributed by atoms with Crippen molar-refractivity contribution in [2.24, 2.45) is 0 Å². The highest BCUT2D eigenvalue weighted by Gasteiger charge is 2.22. The summed E-state index contributed by atoms with van der Waals surface area (Å²) in [5, 5.41) is 2.94. The maximum absolute atomic E-state index is 13.7. The van der Waals surface area contributed by atoms with Crippen molar-refractivity contribution in [3.8, 4) is 0 Å². The number of hydrogen-bond acceptors (Lipinski definition) is 3. The largest absolute Gasteiger partial charge is 0.380 e. The Balaban J connectivity index is 1.93. The van der Waals surface area contributed by atoms with E-state index < -0.39 is 11.6 Å². The lowest BCUT2D eigenvalue weighted by molar-refractivity contribution is -0.0315. The molecule has 0 saturated carbocycles. The molecule has 3 nitrogen and oxygen atoms in total. The first kappa shape index (κ1) is 15.2. The molecule has 112 valence electrons. The SMILES string of the molecule is Cc1cc(F)c(NCC2CN(C(C)C)CCO2)cc1F. The molecule has 1 atom stereocenters. The van der Waals surface area contributed by atoms with Gasteiger partial charge in [-0.05, 0) is 32.4 Å². The second-order valence-electron chi connectivity index (χ2n) is 5.54. The first-order valence-corrected chi connectivity index (χ1v) is 7.02. The molecule has 0 radical (unpaired) electrons. The molecular weight excluding hydrogens is 262 g/mol. The Kier molecular flexibility index (Phi) is 4.94. The van der Waals surface area contributed by atoms with Gasteiger partial charge in [-0.3, -0.25) is 4.90 Å². The number of nitrogens with zero attached hydrogens (tertiary/aromatic N) is 1. The van der Waals surface area contributed by atoms with Crippen LogP contribution in [0.15, 0.2) is 12.1 Å². The molecular formula is C15H22F2N2O. The smallest absolute Gasteiger partial charge is 0.146 e. The monoisotopic (exact) mass is 284 g/mol. The Morgan fingerprint density at radius 3 is 2.80 bits per heavy atom. The number of halogens is 2. The van der Waals surface area contributed by atoms with Gasteiger partial charge in [0.05, 0.1) is 18.4 Å². The van der Waals surface area contributed by atoms with Gasteiger partial charge in [0.15, 0.2) is 0 Å². The van der Waals surface area contributed by atoms with E-state index in [2.05, 4.69) is 24.1 Å². The van der Waals surface area contributed by atoms with Gasteiger partial charge in [-0.25, -0.2) is 8.78 Å². The summed E-state index contributed by atoms with van der Waals surface area (Å²) in [6.45, 7) is 8.71. The summed E-state index contributed by atoms with van der Waals surface area (Å²) in [5.74, 6) is -0.831. The number of benzene rings is 1. The van der Waals surface area contributed by atoms with Crippen LogP contribution in [0.4, 0.5) is 14.5 Å². The van der Waals surface area contributed by atoms with Gasteiger partial charge < -0.3 is 10.1 Å². The number of nitrogens with one attached hydrogen (secondary N) is 1. The topological polar surface area (TPSA) is 24.5 Å². The third-order valence-electron chi connectivity index (χ3n) is 3.67. The summed E-state index contributed by atoms with van der Waals surface area (Å²) in [6.07, 6.45) is -0.00471. The van der Waals surface area contributed by atoms with Gasteiger partial charge in [0, 0.05) is 31.7 Å². The lowest BCUT2D eigenvalue weighted by Gasteiger charge is -2.35. The van der Waals surface area contributed by atoms with Crippen LogP contribution in [0.1, 0.15) is 19.4 Å². The number of hydrogen-bond donors (Lipinski definition) is 1. The van der Waals surface area contributed by atoms with E-state index in [1.54, 1.807) is 6.92 Å². The molecule has 1 aromatic carbocycles. The number of anilines is 1. The molecule has 2 rings (SSSR count). The highest BCUT2D eigenvalue weighted by molar-refractivity contribution is 5.47. The van der Waals surface area contributed by atoms with Crippen LogP contribution in [0, 0.1) is 18.6 Å². The predicted octanol–water partition coefficient (Wildman–Crippen LogP) is 2.79. The van der Waals surface area contributed by atoms with Crippen molar-refractivity contribution in [3.63, 3.8) is 0 Å². The van der Waals surface area contributed by atoms with Crippen LogP contribution in [-0.2, 0) is 4.74 Å². The highest BCUT2D eigenvalue weighted by Crippen LogP contribution is 2.19. The van der Waals surface area contributed by atoms with E-state index in [-0.39, 0.29) is 11.8 Å². The van der Waals surface area contributed by atoms with E-state index in [0.717, 1.165) is 13.1 Å². The number of rotatable bonds is 4. The van der Waals surface area contributed by atoms with Gasteiger partial charge in [0.1, 0.15) is 11.6 Å². The van der Waals surface area contributed by atoms with Crippen molar-refractivity contribution in [2.45, 2.75) is 32.9 Å². The maximum Gasteiger partial charge on any atom is 0.146 e. The lowest BCUT2D eigenvalue weighted by atomic mass is 10.2. The van der Waals surface area contributed by atoms with Crippen LogP contribution in [0.3, 0.4) is 0 Å². The Hall–Kier alpha value is -1.20. The Morgan fingerprint density at radius 2 is 2.10 bits per heavy atom. The zero-order valence-corrected chi connectivity index (χ0v) is 12.2. The average Bonchev–Trinajstić information content (AvgIpc) is 2.41. The molecule has 20 heavy (non-hydrogen) atoms. The van der Waals surface area contributed by atoms with Crippen molar-refractivity contribution < 1.29 is 13.5 Å². The second-order valence-corrected chi connectivity index (χ2v) is 5.54. The van der Waals surface area contributed by atoms with E-state index >= 15 is 0 Å². The molecule has 1 aliphatic heterocycles. The molecule has 5 heteroatoms. The fraction of sp³-hybridized carbons (Fsp3) is 0.600. The molecule has 1 aliphatic rings. The quantitative estimate of drug-likeness (QED) is 0.920. The van der Waals surface area contributed by atoms with Crippen molar-refractivity contribution >= 4 is 5.69 Å². The van der Waals surface area contributed by atoms with E-state index in [1.165, 1.54) is 12.1 Å². The minimum Gasteiger partial charge on any atom is -0.380 e. The summed E-state index contributed by atoms with van der Waals surface area (Å²) in [6, 6.07) is 2.88. The average molecular weight is 284 g/mol. The van der Waals surface area contributed by atoms with Gasteiger partial charge in [-0.15, -0.1) is 0 Å². The van der Waals surface area contributed by atoms with Crippen LogP contribution < -0.4 is 5.32 Å². The van der Waals surface area contributed by atoms with E-state index in [0.29, 0.717) is 24.8 Å². The standard InChI is InChI=1S/C15H22F2N2O/c1-10(2)19-4-5-20-12(9-19)8-18-15-7-13(16)11(3)6-14(15)17/h6-7,10,12,18H,4-5,8-9H2,1-3H3. The summed E-state index contributed by atoms with van der Waals surface area (Å²) in [5.41, 5.74) is 0.506. The predicted molar refractivity (Wildman–Crippen MR) is 76.0 cm³/mol. The minimum absolute atomic E-state index is 0.00471. The number of ether oxygens (including phenoxy) is 1. The van der Waals surface area contributed by atoms with Crippen LogP contribution in [0.25, 0.3) is 0 Å². The summed E-state index contributed by atoms with van der Waals surface area (Å²) < 4.78 is 32.8. The first-order valence-electron chi connectivity index (χ1n) is 7.02. The van der Waals surface area contributed by atoms with Gasteiger partial charge in [-0.1, -0.05) is 0 Å². The van der Waals surface area contributed by atoms with Gasteiger partial charge in [0.2, 0.25) is 0 Å². The summed E-state index contributed by atoms with van der Waals surface area (Å²) >= 11 is 0. The number of morpholine rings is 1. The Labute approximate surface area is 118 Å². The van der Waals surface area contributed by atoms with Gasteiger partial charge in [0.25, 0.3) is 0 Å². The molecule has 1 saturated heterocycles. The van der Waals surface area contributed by atoms with Crippen LogP contribution in [0.2, 0.25) is 0 Å². The molecule has 0 amide bonds. The van der Waals surface area contributed by atoms with Crippen molar-refractivity contribution in [1.82, 2.24) is 4.90 Å². The van der Waals surface area contributed by atoms with Crippen LogP contribution in [0.5, 0.6) is 0 Å². The molecule has 0 aromatic heterocycles. The zero-order valence-electron chi connectivity index (χ0n) is 12.2. The Bertz CT molecular complexity index is 465. The van der Waals surface area contributed by atoms with E-state index in [4.69, 9.17) is 4.74 Å². The molecule has 1 unspecified atom stereocenters. The third-order valence-corrected chi connectivity index (χ3v) is 3.67. The van der Waals surface area contributed by atoms with Crippen molar-refractivity contribution in [2.75, 3.05) is 31.6 Å². The lowest BCUT2D eigenvalue weighted by Crippen LogP contribution is -2.48. The number of aryl methyl sites for hydroxylation is 1. The molecule has 1 N–H and O–H groups in total. The van der Waals surface area contributed by atoms with Crippen molar-refractivity contribution in [1.29, 1.82) is 0 Å². The first-order chi connectivity index (χ1) is 9.47. The molecule has 1 fully saturated rings. The van der Waals surface area contributed by atoms with Gasteiger partial charge >= 0.3 is 0 Å². The normalized spacial score (nSPS) is 20.4. The minimum atomic E-state index is -0.430. The Morgan fingerprint density at radius 1 is 1.35 bits per heavy atom. The van der Waals surface area contributed by atoms with Gasteiger partial charge in [-0.2, -0.15) is 0 Å². The fourth-order valence-corrected chi connectivity index (χ4v) is 2.34. The molecule has 0 bridgehead atoms. The third kappa shape index (κ3) is 3.67. The van der Waals surface area contributed by atoms with E-state index in [1.807, 2.05) is 0 Å². The summed E-state index contributed by atoms with van der Waals surface area (Å²) in [7, 11) is 0. The fourth-order valence-electron chi connectivity index (χ4n) is 2.34. The molecule has 1 aromatic rings.